The molecule has 0 bridgehead atoms. The molecular formula is C14H18N4OS. The van der Waals surface area contributed by atoms with Crippen molar-refractivity contribution in [1.29, 1.82) is 0 Å². The first-order valence-corrected chi connectivity index (χ1v) is 7.52. The van der Waals surface area contributed by atoms with Crippen molar-refractivity contribution in [2.45, 2.75) is 31.3 Å². The summed E-state index contributed by atoms with van der Waals surface area (Å²) < 4.78 is 0. The molecular weight excluding hydrogens is 272 g/mol. The number of hydrogen-bond acceptors (Lipinski definition) is 5. The van der Waals surface area contributed by atoms with Gasteiger partial charge >= 0.3 is 0 Å². The number of ketones is 1. The fourth-order valence-corrected chi connectivity index (χ4v) is 2.47. The van der Waals surface area contributed by atoms with Gasteiger partial charge in [-0.15, -0.1) is 5.10 Å². The van der Waals surface area contributed by atoms with Crippen molar-refractivity contribution in [3.63, 3.8) is 0 Å². The summed E-state index contributed by atoms with van der Waals surface area (Å²) >= 11 is 1.28. The van der Waals surface area contributed by atoms with Crippen LogP contribution in [0.25, 0.3) is 0 Å². The highest BCUT2D eigenvalue weighted by Crippen LogP contribution is 2.20. The Labute approximate surface area is 122 Å². The van der Waals surface area contributed by atoms with Crippen LogP contribution in [0, 0.1) is 0 Å². The Hall–Kier alpha value is -1.82. The number of Topliss-reactive ketones (excluding diaryl/α,β-unsaturated/α-hetero) is 1. The van der Waals surface area contributed by atoms with Gasteiger partial charge in [0.2, 0.25) is 11.1 Å². The van der Waals surface area contributed by atoms with Crippen molar-refractivity contribution in [1.82, 2.24) is 15.2 Å². The smallest absolute Gasteiger partial charge is 0.216 e. The largest absolute Gasteiger partial charge is 0.368 e. The third-order valence-electron chi connectivity index (χ3n) is 3.23. The van der Waals surface area contributed by atoms with Gasteiger partial charge in [0.15, 0.2) is 5.78 Å². The summed E-state index contributed by atoms with van der Waals surface area (Å²) in [7, 11) is 0. The van der Waals surface area contributed by atoms with Gasteiger partial charge in [0.25, 0.3) is 0 Å². The van der Waals surface area contributed by atoms with E-state index in [9.17, 15) is 4.79 Å². The van der Waals surface area contributed by atoms with E-state index in [0.29, 0.717) is 22.4 Å². The number of aromatic amines is 1. The average Bonchev–Trinajstić information content (AvgIpc) is 2.89. The average molecular weight is 290 g/mol. The van der Waals surface area contributed by atoms with Crippen LogP contribution in [0.5, 0.6) is 0 Å². The highest BCUT2D eigenvalue weighted by atomic mass is 32.2. The number of thioether (sulfide) groups is 1. The zero-order chi connectivity index (χ0) is 14.5. The lowest BCUT2D eigenvalue weighted by molar-refractivity contribution is 0.102. The van der Waals surface area contributed by atoms with Gasteiger partial charge < -0.3 is 5.73 Å². The Bertz CT molecular complexity index is 579. The number of nitrogens with one attached hydrogen (secondary N) is 1. The number of anilines is 1. The molecule has 6 heteroatoms. The Morgan fingerprint density at radius 2 is 2.10 bits per heavy atom. The molecule has 0 fully saturated rings. The molecule has 0 aliphatic heterocycles. The molecule has 2 aromatic rings. The first kappa shape index (κ1) is 14.6. The molecule has 0 aliphatic rings. The van der Waals surface area contributed by atoms with E-state index in [4.69, 9.17) is 5.73 Å². The minimum absolute atomic E-state index is 0.0640. The van der Waals surface area contributed by atoms with E-state index in [1.54, 1.807) is 0 Å². The summed E-state index contributed by atoms with van der Waals surface area (Å²) in [6.45, 7) is 4.34. The number of aromatic nitrogens is 3. The number of nitrogen functional groups attached to an aromatic ring is 1. The van der Waals surface area contributed by atoms with Crippen LogP contribution in [0.2, 0.25) is 0 Å². The second-order valence-electron chi connectivity index (χ2n) is 4.65. The van der Waals surface area contributed by atoms with Gasteiger partial charge in [-0.3, -0.25) is 4.79 Å². The topological polar surface area (TPSA) is 84.7 Å². The van der Waals surface area contributed by atoms with E-state index >= 15 is 0 Å². The summed E-state index contributed by atoms with van der Waals surface area (Å²) in [6, 6.07) is 7.82. The van der Waals surface area contributed by atoms with Gasteiger partial charge in [0.05, 0.1) is 5.75 Å². The van der Waals surface area contributed by atoms with E-state index in [-0.39, 0.29) is 11.7 Å². The molecule has 0 unspecified atom stereocenters. The third kappa shape index (κ3) is 3.60. The second-order valence-corrected chi connectivity index (χ2v) is 5.59. The molecule has 106 valence electrons. The number of hydrogen-bond donors (Lipinski definition) is 2. The molecule has 0 saturated heterocycles. The summed E-state index contributed by atoms with van der Waals surface area (Å²) in [4.78, 5) is 16.0. The summed E-state index contributed by atoms with van der Waals surface area (Å²) in [6.07, 6.45) is 1.09. The van der Waals surface area contributed by atoms with Gasteiger partial charge in [-0.2, -0.15) is 4.98 Å². The van der Waals surface area contributed by atoms with Gasteiger partial charge in [0, 0.05) is 5.56 Å². The molecule has 0 spiro atoms. The standard InChI is InChI=1S/C14H18N4OS/c1-3-9(2)10-4-6-11(7-5-10)12(19)8-20-14-16-13(15)17-18-14/h4-7,9H,3,8H2,1-2H3,(H3,15,16,17,18)/t9-/m1/s1. The van der Waals surface area contributed by atoms with Crippen LogP contribution in [0.15, 0.2) is 29.4 Å². The maximum absolute atomic E-state index is 12.1. The number of carbonyl (C=O) groups excluding carboxylic acids is 1. The van der Waals surface area contributed by atoms with Crippen LogP contribution < -0.4 is 5.73 Å². The van der Waals surface area contributed by atoms with Crippen LogP contribution in [-0.4, -0.2) is 26.7 Å². The number of benzene rings is 1. The summed E-state index contributed by atoms with van der Waals surface area (Å²) in [5.41, 5.74) is 7.41. The van der Waals surface area contributed by atoms with E-state index < -0.39 is 0 Å². The van der Waals surface area contributed by atoms with Gasteiger partial charge in [-0.25, -0.2) is 5.10 Å². The number of carbonyl (C=O) groups is 1. The number of nitrogens with zero attached hydrogens (tertiary/aromatic N) is 2. The van der Waals surface area contributed by atoms with Crippen molar-refractivity contribution in [3.05, 3.63) is 35.4 Å². The Morgan fingerprint density at radius 3 is 2.65 bits per heavy atom. The molecule has 1 heterocycles. The van der Waals surface area contributed by atoms with Crippen molar-refractivity contribution >= 4 is 23.5 Å². The van der Waals surface area contributed by atoms with Gasteiger partial charge in [0.1, 0.15) is 0 Å². The van der Waals surface area contributed by atoms with Gasteiger partial charge in [-0.1, -0.05) is 49.9 Å². The van der Waals surface area contributed by atoms with Crippen LogP contribution in [0.4, 0.5) is 5.95 Å². The molecule has 0 radical (unpaired) electrons. The molecule has 5 nitrogen and oxygen atoms in total. The lowest BCUT2D eigenvalue weighted by atomic mass is 9.97. The second kappa shape index (κ2) is 6.56. The maximum atomic E-state index is 12.1. The minimum Gasteiger partial charge on any atom is -0.368 e. The highest BCUT2D eigenvalue weighted by Gasteiger charge is 2.10. The van der Waals surface area contributed by atoms with Crippen molar-refractivity contribution in [2.75, 3.05) is 11.5 Å². The van der Waals surface area contributed by atoms with E-state index in [2.05, 4.69) is 29.0 Å². The number of H-pyrrole nitrogens is 1. The van der Waals surface area contributed by atoms with Crippen LogP contribution >= 0.6 is 11.8 Å². The molecule has 20 heavy (non-hydrogen) atoms. The summed E-state index contributed by atoms with van der Waals surface area (Å²) in [5.74, 6) is 1.15. The first-order chi connectivity index (χ1) is 9.60. The van der Waals surface area contributed by atoms with Crippen molar-refractivity contribution in [3.8, 4) is 0 Å². The van der Waals surface area contributed by atoms with E-state index in [1.165, 1.54) is 17.3 Å². The zero-order valence-electron chi connectivity index (χ0n) is 11.6. The molecule has 2 rings (SSSR count). The first-order valence-electron chi connectivity index (χ1n) is 6.54. The fraction of sp³-hybridized carbons (Fsp3) is 0.357. The molecule has 0 saturated carbocycles. The number of rotatable bonds is 6. The lowest BCUT2D eigenvalue weighted by Crippen LogP contribution is -2.03. The minimum atomic E-state index is 0.0640. The monoisotopic (exact) mass is 290 g/mol. The van der Waals surface area contributed by atoms with Crippen LogP contribution in [-0.2, 0) is 0 Å². The van der Waals surface area contributed by atoms with Crippen LogP contribution in [0.3, 0.4) is 0 Å². The quantitative estimate of drug-likeness (QED) is 0.631. The predicted molar refractivity (Wildman–Crippen MR) is 81.0 cm³/mol. The molecule has 1 aromatic heterocycles. The van der Waals surface area contributed by atoms with Gasteiger partial charge in [-0.05, 0) is 17.9 Å². The van der Waals surface area contributed by atoms with Crippen molar-refractivity contribution in [2.24, 2.45) is 0 Å². The maximum Gasteiger partial charge on any atom is 0.216 e. The molecule has 0 aliphatic carbocycles. The Kier molecular flexibility index (Phi) is 4.79. The van der Waals surface area contributed by atoms with Crippen LogP contribution in [0.1, 0.15) is 42.1 Å². The SMILES string of the molecule is CC[C@@H](C)c1ccc(C(=O)CSc2n[nH]c(N)n2)cc1. The fourth-order valence-electron chi connectivity index (χ4n) is 1.77. The zero-order valence-corrected chi connectivity index (χ0v) is 12.4. The van der Waals surface area contributed by atoms with Crippen molar-refractivity contribution < 1.29 is 4.79 Å². The molecule has 3 N–H and O–H groups in total. The normalized spacial score (nSPS) is 12.3. The Morgan fingerprint density at radius 1 is 1.40 bits per heavy atom. The number of nitrogens with two attached hydrogens (primary N) is 1. The third-order valence-corrected chi connectivity index (χ3v) is 4.08. The summed E-state index contributed by atoms with van der Waals surface area (Å²) in [5, 5.41) is 6.92. The van der Waals surface area contributed by atoms with E-state index in [1.807, 2.05) is 24.3 Å². The molecule has 1 aromatic carbocycles. The predicted octanol–water partition coefficient (Wildman–Crippen LogP) is 2.88. The molecule has 1 atom stereocenters. The van der Waals surface area contributed by atoms with E-state index in [0.717, 1.165) is 6.42 Å². The molecule has 0 amide bonds. The highest BCUT2D eigenvalue weighted by molar-refractivity contribution is 7.99. The Balaban J connectivity index is 1.95. The lowest BCUT2D eigenvalue weighted by Gasteiger charge is -2.09.